The minimum Gasteiger partial charge on any atom is -0.339 e. The molecule has 0 bridgehead atoms. The minimum absolute atomic E-state index is 0.191. The van der Waals surface area contributed by atoms with Crippen molar-refractivity contribution in [3.63, 3.8) is 0 Å². The Morgan fingerprint density at radius 1 is 1.15 bits per heavy atom. The van der Waals surface area contributed by atoms with Crippen molar-refractivity contribution in [2.24, 2.45) is 11.3 Å². The van der Waals surface area contributed by atoms with Crippen LogP contribution >= 0.6 is 22.6 Å². The number of rotatable bonds is 1. The summed E-state index contributed by atoms with van der Waals surface area (Å²) >= 11 is 2.27. The number of halogens is 1. The van der Waals surface area contributed by atoms with Gasteiger partial charge in [-0.05, 0) is 77.5 Å². The van der Waals surface area contributed by atoms with E-state index in [9.17, 15) is 4.79 Å². The molecule has 1 aliphatic rings. The van der Waals surface area contributed by atoms with Gasteiger partial charge in [0.2, 0.25) is 0 Å². The Hall–Kier alpha value is -0.580. The average Bonchev–Trinajstić information content (AvgIpc) is 2.64. The van der Waals surface area contributed by atoms with Crippen molar-refractivity contribution in [1.82, 2.24) is 4.90 Å². The zero-order chi connectivity index (χ0) is 14.8. The SMILES string of the molecule is CC(C)(C)C1CCCN(C(=O)c2ccc(I)cc2)CC1. The van der Waals surface area contributed by atoms with Crippen LogP contribution in [0.2, 0.25) is 0 Å². The maximum Gasteiger partial charge on any atom is 0.253 e. The summed E-state index contributed by atoms with van der Waals surface area (Å²) in [5.41, 5.74) is 1.17. The summed E-state index contributed by atoms with van der Waals surface area (Å²) in [5, 5.41) is 0. The van der Waals surface area contributed by atoms with Crippen LogP contribution in [0.5, 0.6) is 0 Å². The fourth-order valence-corrected chi connectivity index (χ4v) is 3.30. The summed E-state index contributed by atoms with van der Waals surface area (Å²) < 4.78 is 1.17. The lowest BCUT2D eigenvalue weighted by Crippen LogP contribution is -2.32. The van der Waals surface area contributed by atoms with Gasteiger partial charge in [0.15, 0.2) is 0 Å². The Bertz CT molecular complexity index is 461. The molecule has 2 nitrogen and oxygen atoms in total. The molecule has 0 aliphatic carbocycles. The van der Waals surface area contributed by atoms with Crippen molar-refractivity contribution in [3.8, 4) is 0 Å². The molecule has 1 fully saturated rings. The van der Waals surface area contributed by atoms with E-state index in [-0.39, 0.29) is 5.91 Å². The van der Waals surface area contributed by atoms with E-state index < -0.39 is 0 Å². The third kappa shape index (κ3) is 3.96. The standard InChI is InChI=1S/C17H24INO/c1-17(2,3)14-5-4-11-19(12-10-14)16(20)13-6-8-15(18)9-7-13/h6-9,14H,4-5,10-12H2,1-3H3. The fraction of sp³-hybridized carbons (Fsp3) is 0.588. The summed E-state index contributed by atoms with van der Waals surface area (Å²) in [6.45, 7) is 8.74. The Balaban J connectivity index is 2.03. The van der Waals surface area contributed by atoms with Gasteiger partial charge in [-0.2, -0.15) is 0 Å². The Labute approximate surface area is 136 Å². The molecule has 1 atom stereocenters. The first-order chi connectivity index (χ1) is 9.38. The van der Waals surface area contributed by atoms with Gasteiger partial charge < -0.3 is 4.90 Å². The van der Waals surface area contributed by atoms with Crippen LogP contribution in [-0.2, 0) is 0 Å². The van der Waals surface area contributed by atoms with Gasteiger partial charge in [0, 0.05) is 22.2 Å². The first kappa shape index (κ1) is 15.8. The molecule has 0 spiro atoms. The van der Waals surface area contributed by atoms with Gasteiger partial charge in [-0.25, -0.2) is 0 Å². The first-order valence-electron chi connectivity index (χ1n) is 7.43. The molecule has 0 N–H and O–H groups in total. The second-order valence-corrected chi connectivity index (χ2v) is 8.04. The summed E-state index contributed by atoms with van der Waals surface area (Å²) in [5.74, 6) is 0.910. The predicted octanol–water partition coefficient (Wildman–Crippen LogP) is 4.58. The number of carbonyl (C=O) groups is 1. The Morgan fingerprint density at radius 3 is 2.40 bits per heavy atom. The molecule has 1 saturated heterocycles. The van der Waals surface area contributed by atoms with E-state index in [2.05, 4.69) is 43.4 Å². The molecular formula is C17H24INO. The lowest BCUT2D eigenvalue weighted by molar-refractivity contribution is 0.0755. The van der Waals surface area contributed by atoms with Gasteiger partial charge in [0.1, 0.15) is 0 Å². The normalized spacial score (nSPS) is 20.6. The van der Waals surface area contributed by atoms with Gasteiger partial charge in [-0.3, -0.25) is 4.79 Å². The number of amides is 1. The highest BCUT2D eigenvalue weighted by Crippen LogP contribution is 2.34. The number of benzene rings is 1. The maximum atomic E-state index is 12.5. The largest absolute Gasteiger partial charge is 0.339 e. The summed E-state index contributed by atoms with van der Waals surface area (Å²) in [6.07, 6.45) is 3.48. The topological polar surface area (TPSA) is 20.3 Å². The highest BCUT2D eigenvalue weighted by atomic mass is 127. The van der Waals surface area contributed by atoms with Gasteiger partial charge >= 0.3 is 0 Å². The zero-order valence-electron chi connectivity index (χ0n) is 12.7. The monoisotopic (exact) mass is 385 g/mol. The minimum atomic E-state index is 0.191. The van der Waals surface area contributed by atoms with Crippen molar-refractivity contribution in [1.29, 1.82) is 0 Å². The van der Waals surface area contributed by atoms with E-state index >= 15 is 0 Å². The van der Waals surface area contributed by atoms with Crippen molar-refractivity contribution < 1.29 is 4.79 Å². The Morgan fingerprint density at radius 2 is 1.80 bits per heavy atom. The van der Waals surface area contributed by atoms with Gasteiger partial charge in [-0.15, -0.1) is 0 Å². The predicted molar refractivity (Wildman–Crippen MR) is 91.9 cm³/mol. The molecule has 2 rings (SSSR count). The number of likely N-dealkylation sites (tertiary alicyclic amines) is 1. The lowest BCUT2D eigenvalue weighted by Gasteiger charge is -2.29. The highest BCUT2D eigenvalue weighted by molar-refractivity contribution is 14.1. The number of nitrogens with zero attached hydrogens (tertiary/aromatic N) is 1. The molecular weight excluding hydrogens is 361 g/mol. The summed E-state index contributed by atoms with van der Waals surface area (Å²) in [6, 6.07) is 7.89. The van der Waals surface area contributed by atoms with Crippen LogP contribution in [0.1, 0.15) is 50.4 Å². The Kier molecular flexibility index (Phi) is 5.10. The average molecular weight is 385 g/mol. The second kappa shape index (κ2) is 6.46. The third-order valence-corrected chi connectivity index (χ3v) is 5.05. The molecule has 1 aliphatic heterocycles. The van der Waals surface area contributed by atoms with Crippen LogP contribution in [-0.4, -0.2) is 23.9 Å². The molecule has 1 heterocycles. The van der Waals surface area contributed by atoms with Gasteiger partial charge in [-0.1, -0.05) is 20.8 Å². The second-order valence-electron chi connectivity index (χ2n) is 6.79. The van der Waals surface area contributed by atoms with E-state index in [0.29, 0.717) is 5.41 Å². The molecule has 20 heavy (non-hydrogen) atoms. The molecule has 110 valence electrons. The first-order valence-corrected chi connectivity index (χ1v) is 8.50. The van der Waals surface area contributed by atoms with Crippen LogP contribution in [0.3, 0.4) is 0 Å². The van der Waals surface area contributed by atoms with Crippen LogP contribution < -0.4 is 0 Å². The number of hydrogen-bond acceptors (Lipinski definition) is 1. The number of carbonyl (C=O) groups excluding carboxylic acids is 1. The van der Waals surface area contributed by atoms with Crippen molar-refractivity contribution in [2.45, 2.75) is 40.0 Å². The van der Waals surface area contributed by atoms with E-state index in [4.69, 9.17) is 0 Å². The van der Waals surface area contributed by atoms with Crippen LogP contribution in [0.4, 0.5) is 0 Å². The fourth-order valence-electron chi connectivity index (χ4n) is 2.94. The summed E-state index contributed by atoms with van der Waals surface area (Å²) in [7, 11) is 0. The molecule has 0 radical (unpaired) electrons. The van der Waals surface area contributed by atoms with Crippen molar-refractivity contribution >= 4 is 28.5 Å². The van der Waals surface area contributed by atoms with E-state index in [1.165, 1.54) is 9.99 Å². The quantitative estimate of drug-likeness (QED) is 0.648. The lowest BCUT2D eigenvalue weighted by atomic mass is 9.77. The van der Waals surface area contributed by atoms with E-state index in [0.717, 1.165) is 37.4 Å². The maximum absolute atomic E-state index is 12.5. The molecule has 3 heteroatoms. The van der Waals surface area contributed by atoms with E-state index in [1.807, 2.05) is 29.2 Å². The van der Waals surface area contributed by atoms with Crippen molar-refractivity contribution in [2.75, 3.05) is 13.1 Å². The smallest absolute Gasteiger partial charge is 0.253 e. The zero-order valence-corrected chi connectivity index (χ0v) is 14.8. The molecule has 0 saturated carbocycles. The van der Waals surface area contributed by atoms with Crippen molar-refractivity contribution in [3.05, 3.63) is 33.4 Å². The highest BCUT2D eigenvalue weighted by Gasteiger charge is 2.28. The summed E-state index contributed by atoms with van der Waals surface area (Å²) in [4.78, 5) is 14.6. The third-order valence-electron chi connectivity index (χ3n) is 4.33. The molecule has 1 aromatic carbocycles. The molecule has 0 aromatic heterocycles. The van der Waals surface area contributed by atoms with Crippen LogP contribution in [0, 0.1) is 14.9 Å². The number of hydrogen-bond donors (Lipinski definition) is 0. The van der Waals surface area contributed by atoms with E-state index in [1.54, 1.807) is 0 Å². The van der Waals surface area contributed by atoms with Gasteiger partial charge in [0.25, 0.3) is 5.91 Å². The van der Waals surface area contributed by atoms with Gasteiger partial charge in [0.05, 0.1) is 0 Å². The molecule has 1 aromatic rings. The van der Waals surface area contributed by atoms with Crippen LogP contribution in [0.25, 0.3) is 0 Å². The molecule has 1 amide bonds. The van der Waals surface area contributed by atoms with Crippen LogP contribution in [0.15, 0.2) is 24.3 Å². The molecule has 1 unspecified atom stereocenters.